The van der Waals surface area contributed by atoms with Gasteiger partial charge in [-0.2, -0.15) is 13.2 Å². The molecule has 0 bridgehead atoms. The van der Waals surface area contributed by atoms with E-state index in [9.17, 15) is 18.0 Å². The van der Waals surface area contributed by atoms with E-state index in [0.717, 1.165) is 12.1 Å². The van der Waals surface area contributed by atoms with Crippen molar-refractivity contribution in [2.45, 2.75) is 6.18 Å². The minimum atomic E-state index is -4.48. The van der Waals surface area contributed by atoms with Crippen molar-refractivity contribution in [3.63, 3.8) is 0 Å². The van der Waals surface area contributed by atoms with E-state index in [-0.39, 0.29) is 23.0 Å². The fourth-order valence-corrected chi connectivity index (χ4v) is 1.65. The third-order valence-electron chi connectivity index (χ3n) is 2.54. The molecule has 20 heavy (non-hydrogen) atoms. The van der Waals surface area contributed by atoms with Crippen molar-refractivity contribution in [3.8, 4) is 0 Å². The number of para-hydroxylation sites is 1. The van der Waals surface area contributed by atoms with Crippen molar-refractivity contribution in [1.29, 1.82) is 0 Å². The van der Waals surface area contributed by atoms with Gasteiger partial charge >= 0.3 is 12.1 Å². The van der Waals surface area contributed by atoms with E-state index in [4.69, 9.17) is 6.48 Å². The molecule has 0 saturated heterocycles. The molecule has 104 valence electrons. The minimum absolute atomic E-state index is 0.0642. The van der Waals surface area contributed by atoms with Gasteiger partial charge in [-0.05, 0) is 30.3 Å². The van der Waals surface area contributed by atoms with Crippen LogP contribution >= 0.6 is 0 Å². The molecule has 0 atom stereocenters. The van der Waals surface area contributed by atoms with E-state index in [1.807, 2.05) is 0 Å². The second kappa shape index (κ2) is 5.24. The van der Waals surface area contributed by atoms with Gasteiger partial charge in [-0.1, -0.05) is 18.2 Å². The number of carbonyl (C=O) groups is 1. The Morgan fingerprint density at radius 2 is 1.95 bits per heavy atom. The number of halogens is 3. The Labute approximate surface area is 114 Å². The van der Waals surface area contributed by atoms with Gasteiger partial charge < -0.3 is 10.4 Å². The normalized spacial score (nSPS) is 11.8. The molecule has 2 N–H and O–H groups in total. The molecular weight excluding hydrogens is 271 g/mol. The van der Waals surface area contributed by atoms with Crippen molar-refractivity contribution < 1.29 is 24.4 Å². The topological polar surface area (TPSA) is 49.3 Å². The number of aromatic carboxylic acids is 1. The van der Waals surface area contributed by atoms with Crippen LogP contribution in [0.5, 0.6) is 0 Å². The van der Waals surface area contributed by atoms with Crippen LogP contribution in [0, 0.1) is 0 Å². The molecule has 3 nitrogen and oxygen atoms in total. The number of rotatable bonds is 3. The average Bonchev–Trinajstić information content (AvgIpc) is 2.37. The first-order valence-corrected chi connectivity index (χ1v) is 5.56. The molecule has 0 amide bonds. The highest BCUT2D eigenvalue weighted by atomic mass is 19.4. The summed E-state index contributed by atoms with van der Waals surface area (Å²) in [5.74, 6) is -1.32. The van der Waals surface area contributed by atoms with E-state index in [1.165, 1.54) is 30.3 Å². The van der Waals surface area contributed by atoms with Crippen LogP contribution in [-0.2, 0) is 6.18 Å². The maximum absolute atomic E-state index is 12.6. The Morgan fingerprint density at radius 1 is 1.20 bits per heavy atom. The van der Waals surface area contributed by atoms with Crippen LogP contribution in [0.3, 0.4) is 0 Å². The van der Waals surface area contributed by atoms with Gasteiger partial charge in [0.2, 0.25) is 0 Å². The fraction of sp³-hybridized carbons (Fsp3) is 0.0714. The van der Waals surface area contributed by atoms with E-state index in [1.54, 1.807) is 0 Å². The van der Waals surface area contributed by atoms with Gasteiger partial charge in [-0.3, -0.25) is 0 Å². The van der Waals surface area contributed by atoms with Gasteiger partial charge in [-0.15, -0.1) is 0 Å². The number of anilines is 2. The van der Waals surface area contributed by atoms with Crippen LogP contribution in [0.1, 0.15) is 17.3 Å². The van der Waals surface area contributed by atoms with Gasteiger partial charge in [0.1, 0.15) is 0 Å². The molecule has 2 aromatic carbocycles. The maximum Gasteiger partial charge on any atom is 0.416 e. The molecule has 0 radical (unpaired) electrons. The summed E-state index contributed by atoms with van der Waals surface area (Å²) in [6, 6.07) is 8.31. The monoisotopic (exact) mass is 282 g/mol. The SMILES string of the molecule is [2H]c1cccc(Nc2cccc(C(F)(F)F)c2)c1C(=O)O. The van der Waals surface area contributed by atoms with E-state index >= 15 is 0 Å². The van der Waals surface area contributed by atoms with Gasteiger partial charge in [0.05, 0.1) is 18.2 Å². The summed E-state index contributed by atoms with van der Waals surface area (Å²) < 4.78 is 45.4. The Morgan fingerprint density at radius 3 is 2.60 bits per heavy atom. The summed E-state index contributed by atoms with van der Waals surface area (Å²) in [7, 11) is 0. The average molecular weight is 282 g/mol. The zero-order valence-electron chi connectivity index (χ0n) is 11.0. The van der Waals surface area contributed by atoms with E-state index in [2.05, 4.69) is 5.32 Å². The fourth-order valence-electron chi connectivity index (χ4n) is 1.65. The van der Waals surface area contributed by atoms with Gasteiger partial charge in [0, 0.05) is 5.69 Å². The first-order valence-electron chi connectivity index (χ1n) is 6.06. The van der Waals surface area contributed by atoms with Crippen molar-refractivity contribution in [1.82, 2.24) is 0 Å². The van der Waals surface area contributed by atoms with Crippen molar-refractivity contribution >= 4 is 17.3 Å². The molecule has 6 heteroatoms. The molecular formula is C14H10F3NO2. The third-order valence-corrected chi connectivity index (χ3v) is 2.54. The smallest absolute Gasteiger partial charge is 0.416 e. The molecule has 2 aromatic rings. The second-order valence-corrected chi connectivity index (χ2v) is 3.97. The van der Waals surface area contributed by atoms with Crippen molar-refractivity contribution in [3.05, 3.63) is 59.6 Å². The lowest BCUT2D eigenvalue weighted by Crippen LogP contribution is -2.06. The molecule has 0 aromatic heterocycles. The predicted octanol–water partition coefficient (Wildman–Crippen LogP) is 4.15. The number of nitrogens with one attached hydrogen (secondary N) is 1. The summed E-state index contributed by atoms with van der Waals surface area (Å²) in [6.07, 6.45) is -4.48. The minimum Gasteiger partial charge on any atom is -0.478 e. The summed E-state index contributed by atoms with van der Waals surface area (Å²) in [6.45, 7) is 0. The quantitative estimate of drug-likeness (QED) is 0.889. The molecule has 2 rings (SSSR count). The van der Waals surface area contributed by atoms with Crippen LogP contribution in [0.25, 0.3) is 0 Å². The lowest BCUT2D eigenvalue weighted by Gasteiger charge is -2.12. The first kappa shape index (κ1) is 12.5. The Bertz CT molecular complexity index is 686. The Balaban J connectivity index is 2.40. The molecule has 0 fully saturated rings. The summed E-state index contributed by atoms with van der Waals surface area (Å²) >= 11 is 0. The summed E-state index contributed by atoms with van der Waals surface area (Å²) in [5.41, 5.74) is -0.978. The Kier molecular flexibility index (Phi) is 3.28. The summed E-state index contributed by atoms with van der Waals surface area (Å²) in [5, 5.41) is 11.7. The number of hydrogen-bond acceptors (Lipinski definition) is 2. The van der Waals surface area contributed by atoms with E-state index < -0.39 is 17.7 Å². The lowest BCUT2D eigenvalue weighted by atomic mass is 10.1. The molecule has 0 unspecified atom stereocenters. The van der Waals surface area contributed by atoms with Crippen LogP contribution < -0.4 is 5.32 Å². The number of carboxylic acid groups (broad SMARTS) is 1. The number of carboxylic acids is 1. The second-order valence-electron chi connectivity index (χ2n) is 3.97. The maximum atomic E-state index is 12.6. The molecule has 0 aliphatic carbocycles. The molecule has 0 heterocycles. The number of alkyl halides is 3. The standard InChI is InChI=1S/C14H10F3NO2/c15-14(16,17)9-4-3-5-10(8-9)18-12-7-2-1-6-11(12)13(19)20/h1-8,18H,(H,19,20)/i6D. The Hall–Kier alpha value is -2.50. The number of benzene rings is 2. The zero-order valence-corrected chi connectivity index (χ0v) is 10.0. The summed E-state index contributed by atoms with van der Waals surface area (Å²) in [4.78, 5) is 11.1. The van der Waals surface area contributed by atoms with Gasteiger partial charge in [-0.25, -0.2) is 4.79 Å². The van der Waals surface area contributed by atoms with E-state index in [0.29, 0.717) is 0 Å². The molecule has 0 aliphatic heterocycles. The van der Waals surface area contributed by atoms with Crippen LogP contribution in [0.2, 0.25) is 0 Å². The van der Waals surface area contributed by atoms with Crippen molar-refractivity contribution in [2.75, 3.05) is 5.32 Å². The first-order chi connectivity index (χ1) is 9.79. The highest BCUT2D eigenvalue weighted by Gasteiger charge is 2.30. The highest BCUT2D eigenvalue weighted by Crippen LogP contribution is 2.31. The van der Waals surface area contributed by atoms with Crippen LogP contribution in [0.4, 0.5) is 24.5 Å². The van der Waals surface area contributed by atoms with Crippen molar-refractivity contribution in [2.24, 2.45) is 0 Å². The van der Waals surface area contributed by atoms with Crippen LogP contribution in [0.15, 0.2) is 48.5 Å². The molecule has 0 saturated carbocycles. The van der Waals surface area contributed by atoms with Crippen LogP contribution in [-0.4, -0.2) is 11.1 Å². The third kappa shape index (κ3) is 3.09. The zero-order chi connectivity index (χ0) is 15.6. The van der Waals surface area contributed by atoms with Gasteiger partial charge in [0.15, 0.2) is 0 Å². The highest BCUT2D eigenvalue weighted by molar-refractivity contribution is 5.95. The number of hydrogen-bond donors (Lipinski definition) is 2. The molecule has 0 aliphatic rings. The predicted molar refractivity (Wildman–Crippen MR) is 68.1 cm³/mol. The van der Waals surface area contributed by atoms with Gasteiger partial charge in [0.25, 0.3) is 0 Å². The molecule has 0 spiro atoms. The lowest BCUT2D eigenvalue weighted by molar-refractivity contribution is -0.137. The largest absolute Gasteiger partial charge is 0.478 e.